The number of nitrogens with zero attached hydrogens (tertiary/aromatic N) is 3. The quantitative estimate of drug-likeness (QED) is 0.262. The molecule has 0 aliphatic carbocycles. The molecule has 1 amide bonds. The molecule has 6 rings (SSSR count). The van der Waals surface area contributed by atoms with Crippen molar-refractivity contribution in [1.29, 1.82) is 0 Å². The van der Waals surface area contributed by atoms with E-state index in [1.165, 1.54) is 10.9 Å². The lowest BCUT2D eigenvalue weighted by atomic mass is 10.1. The summed E-state index contributed by atoms with van der Waals surface area (Å²) in [5.74, 6) is -1.66. The van der Waals surface area contributed by atoms with Crippen molar-refractivity contribution in [3.8, 4) is 0 Å². The van der Waals surface area contributed by atoms with Crippen LogP contribution in [0.25, 0.3) is 11.2 Å². The van der Waals surface area contributed by atoms with Gasteiger partial charge in [0.2, 0.25) is 5.95 Å². The number of ether oxygens (including phenoxy) is 3. The maximum atomic E-state index is 12.9. The molecule has 1 aliphatic rings. The van der Waals surface area contributed by atoms with Crippen LogP contribution >= 0.6 is 0 Å². The molecule has 0 bridgehead atoms. The van der Waals surface area contributed by atoms with Crippen LogP contribution in [0.3, 0.4) is 0 Å². The molecule has 43 heavy (non-hydrogen) atoms. The second-order valence-corrected chi connectivity index (χ2v) is 9.70. The Morgan fingerprint density at radius 2 is 1.49 bits per heavy atom. The smallest absolute Gasteiger partial charge is 0.338 e. The highest BCUT2D eigenvalue weighted by molar-refractivity contribution is 6.03. The Labute approximate surface area is 244 Å². The Bertz CT molecular complexity index is 1820. The van der Waals surface area contributed by atoms with E-state index in [0.717, 1.165) is 0 Å². The SMILES string of the molecule is O=C(Nc1nc2c(ncn2[C@H]2C[C@H](OC(=O)c3ccccc3)[C@H](COC(=O)c3ccccc3)O2)c(=O)[nH]1)c1ccccc1. The number of fused-ring (bicyclic) bond motifs is 1. The van der Waals surface area contributed by atoms with Crippen molar-refractivity contribution < 1.29 is 28.6 Å². The van der Waals surface area contributed by atoms with Crippen molar-refractivity contribution in [2.75, 3.05) is 11.9 Å². The summed E-state index contributed by atoms with van der Waals surface area (Å²) in [7, 11) is 0. The molecule has 5 aromatic rings. The van der Waals surface area contributed by atoms with Gasteiger partial charge in [0, 0.05) is 12.0 Å². The van der Waals surface area contributed by atoms with Crippen molar-refractivity contribution in [2.24, 2.45) is 0 Å². The zero-order valence-electron chi connectivity index (χ0n) is 22.6. The molecule has 3 aromatic carbocycles. The number of H-pyrrole nitrogens is 1. The van der Waals surface area contributed by atoms with Gasteiger partial charge in [-0.2, -0.15) is 4.98 Å². The van der Waals surface area contributed by atoms with Crippen LogP contribution < -0.4 is 10.9 Å². The van der Waals surface area contributed by atoms with Crippen molar-refractivity contribution in [2.45, 2.75) is 24.9 Å². The van der Waals surface area contributed by atoms with Gasteiger partial charge in [0.05, 0.1) is 17.5 Å². The van der Waals surface area contributed by atoms with Crippen LogP contribution in [0.5, 0.6) is 0 Å². The molecule has 216 valence electrons. The fraction of sp³-hybridized carbons (Fsp3) is 0.161. The van der Waals surface area contributed by atoms with Crippen molar-refractivity contribution in [1.82, 2.24) is 19.5 Å². The molecule has 3 heterocycles. The van der Waals surface area contributed by atoms with Gasteiger partial charge < -0.3 is 14.2 Å². The number of aromatic amines is 1. The topological polar surface area (TPSA) is 155 Å². The van der Waals surface area contributed by atoms with Crippen molar-refractivity contribution in [3.05, 3.63) is 124 Å². The first kappa shape index (κ1) is 27.5. The lowest BCUT2D eigenvalue weighted by Gasteiger charge is -2.19. The van der Waals surface area contributed by atoms with Crippen LogP contribution in [-0.2, 0) is 14.2 Å². The first-order chi connectivity index (χ1) is 21.0. The molecule has 12 nitrogen and oxygen atoms in total. The lowest BCUT2D eigenvalue weighted by Crippen LogP contribution is -2.32. The van der Waals surface area contributed by atoms with E-state index >= 15 is 0 Å². The molecular formula is C31H25N5O7. The van der Waals surface area contributed by atoms with Gasteiger partial charge in [-0.25, -0.2) is 14.6 Å². The van der Waals surface area contributed by atoms with E-state index < -0.39 is 41.8 Å². The molecule has 0 spiro atoms. The minimum absolute atomic E-state index is 0.0260. The number of esters is 2. The molecule has 0 unspecified atom stereocenters. The fourth-order valence-electron chi connectivity index (χ4n) is 4.71. The summed E-state index contributed by atoms with van der Waals surface area (Å²) in [5, 5.41) is 2.59. The fourth-order valence-corrected chi connectivity index (χ4v) is 4.71. The van der Waals surface area contributed by atoms with Gasteiger partial charge in [-0.3, -0.25) is 24.5 Å². The number of rotatable bonds is 8. The third-order valence-electron chi connectivity index (χ3n) is 6.85. The number of anilines is 1. The summed E-state index contributed by atoms with van der Waals surface area (Å²) in [4.78, 5) is 62.1. The van der Waals surface area contributed by atoms with Crippen LogP contribution in [0.4, 0.5) is 5.95 Å². The maximum Gasteiger partial charge on any atom is 0.338 e. The maximum absolute atomic E-state index is 12.9. The molecule has 1 fully saturated rings. The zero-order chi connectivity index (χ0) is 29.8. The third kappa shape index (κ3) is 6.04. The summed E-state index contributed by atoms with van der Waals surface area (Å²) >= 11 is 0. The number of benzene rings is 3. The van der Waals surface area contributed by atoms with E-state index in [4.69, 9.17) is 14.2 Å². The predicted molar refractivity (Wildman–Crippen MR) is 153 cm³/mol. The third-order valence-corrected chi connectivity index (χ3v) is 6.85. The number of aromatic nitrogens is 4. The molecule has 2 aromatic heterocycles. The Kier molecular flexibility index (Phi) is 7.74. The number of imidazole rings is 1. The molecule has 12 heteroatoms. The van der Waals surface area contributed by atoms with Gasteiger partial charge in [0.15, 0.2) is 11.2 Å². The number of carbonyl (C=O) groups is 3. The highest BCUT2D eigenvalue weighted by Gasteiger charge is 2.41. The van der Waals surface area contributed by atoms with E-state index in [2.05, 4.69) is 20.3 Å². The number of carbonyl (C=O) groups excluding carboxylic acids is 3. The normalized spacial score (nSPS) is 17.8. The predicted octanol–water partition coefficient (Wildman–Crippen LogP) is 3.74. The van der Waals surface area contributed by atoms with Crippen LogP contribution in [0.15, 0.2) is 102 Å². The average Bonchev–Trinajstić information content (AvgIpc) is 3.65. The second kappa shape index (κ2) is 12.1. The van der Waals surface area contributed by atoms with E-state index in [0.29, 0.717) is 16.7 Å². The van der Waals surface area contributed by atoms with Gasteiger partial charge in [0.1, 0.15) is 25.0 Å². The van der Waals surface area contributed by atoms with Gasteiger partial charge in [-0.05, 0) is 36.4 Å². The van der Waals surface area contributed by atoms with Crippen LogP contribution in [0, 0.1) is 0 Å². The minimum atomic E-state index is -0.831. The van der Waals surface area contributed by atoms with E-state index in [1.807, 2.05) is 0 Å². The summed E-state index contributed by atoms with van der Waals surface area (Å²) < 4.78 is 19.0. The standard InChI is InChI=1S/C31H25N5O7/c37-27(19-10-4-1-5-11-19)34-31-33-26-25(28(38)35-31)32-18-36(26)24-16-22(43-30(40)21-14-8-3-9-15-21)23(42-24)17-41-29(39)20-12-6-2-7-13-20/h1-15,18,22-24H,16-17H2,(H2,33,34,35,37,38)/t22-,23-,24+/m0/s1. The molecular weight excluding hydrogens is 554 g/mol. The van der Waals surface area contributed by atoms with Gasteiger partial charge in [0.25, 0.3) is 11.5 Å². The van der Waals surface area contributed by atoms with Gasteiger partial charge in [-0.1, -0.05) is 54.6 Å². The van der Waals surface area contributed by atoms with Crippen molar-refractivity contribution in [3.63, 3.8) is 0 Å². The summed E-state index contributed by atoms with van der Waals surface area (Å²) in [6, 6.07) is 25.4. The summed E-state index contributed by atoms with van der Waals surface area (Å²) in [6.07, 6.45) is -0.891. The zero-order valence-corrected chi connectivity index (χ0v) is 22.6. The van der Waals surface area contributed by atoms with E-state index in [9.17, 15) is 19.2 Å². The largest absolute Gasteiger partial charge is 0.459 e. The molecule has 0 radical (unpaired) electrons. The van der Waals surface area contributed by atoms with Gasteiger partial charge in [-0.15, -0.1) is 0 Å². The average molecular weight is 580 g/mol. The second-order valence-electron chi connectivity index (χ2n) is 9.70. The lowest BCUT2D eigenvalue weighted by molar-refractivity contribution is -0.0563. The number of amides is 1. The monoisotopic (exact) mass is 579 g/mol. The Morgan fingerprint density at radius 1 is 0.884 bits per heavy atom. The van der Waals surface area contributed by atoms with Crippen molar-refractivity contribution >= 4 is 35.0 Å². The number of hydrogen-bond acceptors (Lipinski definition) is 9. The molecule has 1 saturated heterocycles. The summed E-state index contributed by atoms with van der Waals surface area (Å²) in [6.45, 7) is -0.198. The highest BCUT2D eigenvalue weighted by Crippen LogP contribution is 2.33. The number of nitrogens with one attached hydrogen (secondary N) is 2. The van der Waals surface area contributed by atoms with Crippen LogP contribution in [0.1, 0.15) is 43.7 Å². The molecule has 3 atom stereocenters. The van der Waals surface area contributed by atoms with Crippen LogP contribution in [-0.4, -0.2) is 56.2 Å². The molecule has 0 saturated carbocycles. The summed E-state index contributed by atoms with van der Waals surface area (Å²) in [5.41, 5.74) is 0.708. The van der Waals surface area contributed by atoms with Crippen LogP contribution in [0.2, 0.25) is 0 Å². The highest BCUT2D eigenvalue weighted by atomic mass is 16.6. The molecule has 1 aliphatic heterocycles. The first-order valence-corrected chi connectivity index (χ1v) is 13.4. The molecule has 2 N–H and O–H groups in total. The Balaban J connectivity index is 1.25. The van der Waals surface area contributed by atoms with E-state index in [1.54, 1.807) is 91.0 Å². The van der Waals surface area contributed by atoms with E-state index in [-0.39, 0.29) is 30.1 Å². The first-order valence-electron chi connectivity index (χ1n) is 13.4. The van der Waals surface area contributed by atoms with Gasteiger partial charge >= 0.3 is 11.9 Å². The number of hydrogen-bond donors (Lipinski definition) is 2. The Hall–Kier alpha value is -5.62. The Morgan fingerprint density at radius 3 is 2.14 bits per heavy atom. The minimum Gasteiger partial charge on any atom is -0.459 e.